The van der Waals surface area contributed by atoms with E-state index in [0.717, 1.165) is 24.0 Å². The molecule has 0 N–H and O–H groups in total. The Morgan fingerprint density at radius 3 is 2.00 bits per heavy atom. The predicted octanol–water partition coefficient (Wildman–Crippen LogP) is 4.67. The molecule has 5 heteroatoms. The van der Waals surface area contributed by atoms with Crippen molar-refractivity contribution in [1.82, 2.24) is 9.80 Å². The first-order chi connectivity index (χ1) is 16.1. The first-order valence-corrected chi connectivity index (χ1v) is 11.6. The molecular weight excluding hydrogens is 412 g/mol. The highest BCUT2D eigenvalue weighted by Crippen LogP contribution is 2.20. The molecule has 1 aliphatic rings. The van der Waals surface area contributed by atoms with Gasteiger partial charge in [0.05, 0.1) is 0 Å². The molecule has 1 saturated heterocycles. The zero-order valence-electron chi connectivity index (χ0n) is 19.1. The van der Waals surface area contributed by atoms with Crippen LogP contribution >= 0.6 is 0 Å². The molecule has 1 heterocycles. The van der Waals surface area contributed by atoms with Crippen molar-refractivity contribution in [1.29, 1.82) is 0 Å². The van der Waals surface area contributed by atoms with Gasteiger partial charge in [-0.1, -0.05) is 67.9 Å². The van der Waals surface area contributed by atoms with E-state index in [4.69, 9.17) is 4.74 Å². The van der Waals surface area contributed by atoms with E-state index in [2.05, 4.69) is 19.1 Å². The standard InChI is InChI=1S/C28H30N2O3/c1-2-6-22-9-15-26(16-10-22)33-21-27(31)29-17-19-30(20-18-29)28(32)25-13-11-24(12-14-25)23-7-4-3-5-8-23/h3-5,7-16H,2,6,17-21H2,1H3. The Balaban J connectivity index is 1.25. The lowest BCUT2D eigenvalue weighted by Gasteiger charge is -2.34. The van der Waals surface area contributed by atoms with Crippen molar-refractivity contribution in [3.63, 3.8) is 0 Å². The summed E-state index contributed by atoms with van der Waals surface area (Å²) in [6.45, 7) is 4.25. The van der Waals surface area contributed by atoms with Gasteiger partial charge in [-0.2, -0.15) is 0 Å². The number of carbonyl (C=O) groups excluding carboxylic acids is 2. The van der Waals surface area contributed by atoms with Gasteiger partial charge in [0.2, 0.25) is 0 Å². The van der Waals surface area contributed by atoms with Crippen molar-refractivity contribution >= 4 is 11.8 Å². The van der Waals surface area contributed by atoms with Crippen molar-refractivity contribution < 1.29 is 14.3 Å². The summed E-state index contributed by atoms with van der Waals surface area (Å²) >= 11 is 0. The van der Waals surface area contributed by atoms with Crippen LogP contribution in [0.25, 0.3) is 11.1 Å². The number of aryl methyl sites for hydroxylation is 1. The summed E-state index contributed by atoms with van der Waals surface area (Å²) in [4.78, 5) is 29.0. The Morgan fingerprint density at radius 2 is 1.36 bits per heavy atom. The molecule has 0 aliphatic carbocycles. The number of nitrogens with zero attached hydrogens (tertiary/aromatic N) is 2. The van der Waals surface area contributed by atoms with Crippen LogP contribution in [0.3, 0.4) is 0 Å². The molecule has 0 saturated carbocycles. The summed E-state index contributed by atoms with van der Waals surface area (Å²) < 4.78 is 5.67. The molecule has 1 aliphatic heterocycles. The lowest BCUT2D eigenvalue weighted by molar-refractivity contribution is -0.134. The highest BCUT2D eigenvalue weighted by atomic mass is 16.5. The maximum atomic E-state index is 12.9. The van der Waals surface area contributed by atoms with Crippen LogP contribution in [0.5, 0.6) is 5.75 Å². The molecule has 2 amide bonds. The molecule has 170 valence electrons. The third-order valence-corrected chi connectivity index (χ3v) is 5.98. The second kappa shape index (κ2) is 10.8. The lowest BCUT2D eigenvalue weighted by Crippen LogP contribution is -2.51. The molecule has 4 rings (SSSR count). The quantitative estimate of drug-likeness (QED) is 0.534. The van der Waals surface area contributed by atoms with Gasteiger partial charge >= 0.3 is 0 Å². The van der Waals surface area contributed by atoms with Gasteiger partial charge in [-0.05, 0) is 47.4 Å². The average molecular weight is 443 g/mol. The molecule has 0 unspecified atom stereocenters. The Bertz CT molecular complexity index is 1050. The van der Waals surface area contributed by atoms with Gasteiger partial charge < -0.3 is 14.5 Å². The van der Waals surface area contributed by atoms with Crippen molar-refractivity contribution in [3.8, 4) is 16.9 Å². The fourth-order valence-electron chi connectivity index (χ4n) is 4.05. The highest BCUT2D eigenvalue weighted by Gasteiger charge is 2.25. The molecule has 0 bridgehead atoms. The van der Waals surface area contributed by atoms with Crippen molar-refractivity contribution in [2.45, 2.75) is 19.8 Å². The minimum absolute atomic E-state index is 0.00475. The number of hydrogen-bond acceptors (Lipinski definition) is 3. The second-order valence-corrected chi connectivity index (χ2v) is 8.30. The average Bonchev–Trinajstić information content (AvgIpc) is 2.88. The molecular formula is C28H30N2O3. The van der Waals surface area contributed by atoms with E-state index in [9.17, 15) is 9.59 Å². The van der Waals surface area contributed by atoms with Crippen LogP contribution in [0, 0.1) is 0 Å². The van der Waals surface area contributed by atoms with Gasteiger partial charge in [0, 0.05) is 31.7 Å². The lowest BCUT2D eigenvalue weighted by atomic mass is 10.0. The molecule has 0 radical (unpaired) electrons. The van der Waals surface area contributed by atoms with Crippen LogP contribution in [0.15, 0.2) is 78.9 Å². The Kier molecular flexibility index (Phi) is 7.40. The van der Waals surface area contributed by atoms with Crippen molar-refractivity contribution in [3.05, 3.63) is 90.0 Å². The van der Waals surface area contributed by atoms with Crippen LogP contribution in [0.1, 0.15) is 29.3 Å². The summed E-state index contributed by atoms with van der Waals surface area (Å²) in [7, 11) is 0. The van der Waals surface area contributed by atoms with Crippen LogP contribution < -0.4 is 4.74 Å². The summed E-state index contributed by atoms with van der Waals surface area (Å²) in [6.07, 6.45) is 2.14. The van der Waals surface area contributed by atoms with E-state index < -0.39 is 0 Å². The van der Waals surface area contributed by atoms with Gasteiger partial charge in [0.1, 0.15) is 5.75 Å². The zero-order chi connectivity index (χ0) is 23.0. The summed E-state index contributed by atoms with van der Waals surface area (Å²) in [5, 5.41) is 0. The highest BCUT2D eigenvalue weighted by molar-refractivity contribution is 5.95. The van der Waals surface area contributed by atoms with E-state index in [-0.39, 0.29) is 18.4 Å². The van der Waals surface area contributed by atoms with Gasteiger partial charge in [-0.15, -0.1) is 0 Å². The van der Waals surface area contributed by atoms with Crippen molar-refractivity contribution in [2.24, 2.45) is 0 Å². The Labute approximate surface area is 195 Å². The van der Waals surface area contributed by atoms with Gasteiger partial charge in [-0.3, -0.25) is 9.59 Å². The first-order valence-electron chi connectivity index (χ1n) is 11.6. The number of amides is 2. The summed E-state index contributed by atoms with van der Waals surface area (Å²) in [6, 6.07) is 25.7. The molecule has 0 aromatic heterocycles. The minimum Gasteiger partial charge on any atom is -0.484 e. The largest absolute Gasteiger partial charge is 0.484 e. The number of hydrogen-bond donors (Lipinski definition) is 0. The minimum atomic E-state index is -0.0491. The first kappa shape index (κ1) is 22.6. The molecule has 0 atom stereocenters. The maximum Gasteiger partial charge on any atom is 0.260 e. The molecule has 1 fully saturated rings. The van der Waals surface area contributed by atoms with E-state index >= 15 is 0 Å². The van der Waals surface area contributed by atoms with Gasteiger partial charge in [0.25, 0.3) is 11.8 Å². The fraction of sp³-hybridized carbons (Fsp3) is 0.286. The Morgan fingerprint density at radius 1 is 0.758 bits per heavy atom. The monoisotopic (exact) mass is 442 g/mol. The third-order valence-electron chi connectivity index (χ3n) is 5.98. The maximum absolute atomic E-state index is 12.9. The molecule has 0 spiro atoms. The topological polar surface area (TPSA) is 49.9 Å². The Hall–Kier alpha value is -3.60. The predicted molar refractivity (Wildman–Crippen MR) is 130 cm³/mol. The van der Waals surface area contributed by atoms with Crippen LogP contribution in [-0.2, 0) is 11.2 Å². The SMILES string of the molecule is CCCc1ccc(OCC(=O)N2CCN(C(=O)c3ccc(-c4ccccc4)cc3)CC2)cc1. The van der Waals surface area contributed by atoms with E-state index in [1.807, 2.05) is 71.6 Å². The normalized spacial score (nSPS) is 13.6. The molecule has 33 heavy (non-hydrogen) atoms. The van der Waals surface area contributed by atoms with Crippen LogP contribution in [-0.4, -0.2) is 54.4 Å². The fourth-order valence-corrected chi connectivity index (χ4v) is 4.05. The number of carbonyl (C=O) groups is 2. The molecule has 3 aromatic carbocycles. The second-order valence-electron chi connectivity index (χ2n) is 8.30. The van der Waals surface area contributed by atoms with E-state index in [1.54, 1.807) is 4.90 Å². The van der Waals surface area contributed by atoms with Gasteiger partial charge in [0.15, 0.2) is 6.61 Å². The van der Waals surface area contributed by atoms with Crippen LogP contribution in [0.4, 0.5) is 0 Å². The number of benzene rings is 3. The number of rotatable bonds is 7. The van der Waals surface area contributed by atoms with E-state index in [1.165, 1.54) is 5.56 Å². The smallest absolute Gasteiger partial charge is 0.260 e. The van der Waals surface area contributed by atoms with Crippen LogP contribution in [0.2, 0.25) is 0 Å². The summed E-state index contributed by atoms with van der Waals surface area (Å²) in [5.74, 6) is 0.660. The van der Waals surface area contributed by atoms with Gasteiger partial charge in [-0.25, -0.2) is 0 Å². The molecule has 3 aromatic rings. The van der Waals surface area contributed by atoms with Crippen molar-refractivity contribution in [2.75, 3.05) is 32.8 Å². The third kappa shape index (κ3) is 5.80. The zero-order valence-corrected chi connectivity index (χ0v) is 19.1. The summed E-state index contributed by atoms with van der Waals surface area (Å²) in [5.41, 5.74) is 4.15. The molecule has 5 nitrogen and oxygen atoms in total. The number of piperazine rings is 1. The number of ether oxygens (including phenoxy) is 1. The van der Waals surface area contributed by atoms with E-state index in [0.29, 0.717) is 37.5 Å².